The molecule has 17 heavy (non-hydrogen) atoms. The summed E-state index contributed by atoms with van der Waals surface area (Å²) in [5.41, 5.74) is 7.57. The first kappa shape index (κ1) is 12.2. The number of ketones is 1. The fourth-order valence-electron chi connectivity index (χ4n) is 2.47. The van der Waals surface area contributed by atoms with Crippen molar-refractivity contribution in [3.05, 3.63) is 35.1 Å². The molecular formula is C14H18FNO. The molecule has 0 radical (unpaired) electrons. The van der Waals surface area contributed by atoms with E-state index in [0.29, 0.717) is 6.42 Å². The normalized spacial score (nSPS) is 23.9. The Balaban J connectivity index is 2.05. The van der Waals surface area contributed by atoms with Crippen LogP contribution in [0.5, 0.6) is 0 Å². The van der Waals surface area contributed by atoms with Crippen LogP contribution in [0.3, 0.4) is 0 Å². The summed E-state index contributed by atoms with van der Waals surface area (Å²) in [6, 6.07) is 4.77. The van der Waals surface area contributed by atoms with Crippen LogP contribution < -0.4 is 5.73 Å². The first-order valence-electron chi connectivity index (χ1n) is 6.09. The second kappa shape index (κ2) is 4.96. The van der Waals surface area contributed by atoms with Gasteiger partial charge in [-0.3, -0.25) is 4.79 Å². The second-order valence-electron chi connectivity index (χ2n) is 4.98. The minimum Gasteiger partial charge on any atom is -0.328 e. The molecule has 2 rings (SSSR count). The highest BCUT2D eigenvalue weighted by atomic mass is 19.1. The average Bonchev–Trinajstić information content (AvgIpc) is 2.70. The number of hydrogen-bond acceptors (Lipinski definition) is 2. The van der Waals surface area contributed by atoms with Gasteiger partial charge in [-0.2, -0.15) is 0 Å². The SMILES string of the molecule is Cc1ccc(F)cc1CC(=O)C1CCC(N)C1. The Labute approximate surface area is 101 Å². The summed E-state index contributed by atoms with van der Waals surface area (Å²) < 4.78 is 13.1. The van der Waals surface area contributed by atoms with Crippen molar-refractivity contribution in [1.29, 1.82) is 0 Å². The maximum Gasteiger partial charge on any atom is 0.140 e. The van der Waals surface area contributed by atoms with Gasteiger partial charge in [-0.05, 0) is 49.4 Å². The Morgan fingerprint density at radius 2 is 2.24 bits per heavy atom. The van der Waals surface area contributed by atoms with Crippen LogP contribution in [-0.2, 0) is 11.2 Å². The Hall–Kier alpha value is -1.22. The van der Waals surface area contributed by atoms with Crippen LogP contribution in [0.1, 0.15) is 30.4 Å². The van der Waals surface area contributed by atoms with E-state index in [1.807, 2.05) is 6.92 Å². The smallest absolute Gasteiger partial charge is 0.140 e. The fourth-order valence-corrected chi connectivity index (χ4v) is 2.47. The zero-order chi connectivity index (χ0) is 12.4. The van der Waals surface area contributed by atoms with Crippen molar-refractivity contribution in [2.24, 2.45) is 11.7 Å². The molecule has 1 aromatic carbocycles. The van der Waals surface area contributed by atoms with E-state index in [0.717, 1.165) is 30.4 Å². The summed E-state index contributed by atoms with van der Waals surface area (Å²) in [6.07, 6.45) is 2.93. The summed E-state index contributed by atoms with van der Waals surface area (Å²) in [4.78, 5) is 12.0. The second-order valence-corrected chi connectivity index (χ2v) is 4.98. The molecule has 0 saturated heterocycles. The lowest BCUT2D eigenvalue weighted by Gasteiger charge is -2.10. The summed E-state index contributed by atoms with van der Waals surface area (Å²) >= 11 is 0. The van der Waals surface area contributed by atoms with E-state index in [1.165, 1.54) is 12.1 Å². The predicted molar refractivity (Wildman–Crippen MR) is 65.2 cm³/mol. The van der Waals surface area contributed by atoms with Crippen LogP contribution in [0.4, 0.5) is 4.39 Å². The lowest BCUT2D eigenvalue weighted by atomic mass is 9.94. The molecule has 0 spiro atoms. The summed E-state index contributed by atoms with van der Waals surface area (Å²) in [6.45, 7) is 1.91. The molecule has 1 aromatic rings. The molecule has 0 amide bonds. The third-order valence-electron chi connectivity index (χ3n) is 3.60. The third kappa shape index (κ3) is 2.91. The summed E-state index contributed by atoms with van der Waals surface area (Å²) in [7, 11) is 0. The van der Waals surface area contributed by atoms with E-state index in [2.05, 4.69) is 0 Å². The van der Waals surface area contributed by atoms with Crippen LogP contribution in [0, 0.1) is 18.7 Å². The predicted octanol–water partition coefficient (Wildman–Crippen LogP) is 2.37. The van der Waals surface area contributed by atoms with Crippen molar-refractivity contribution < 1.29 is 9.18 Å². The van der Waals surface area contributed by atoms with Gasteiger partial charge in [0.25, 0.3) is 0 Å². The third-order valence-corrected chi connectivity index (χ3v) is 3.60. The van der Waals surface area contributed by atoms with Gasteiger partial charge in [0.1, 0.15) is 11.6 Å². The molecule has 1 saturated carbocycles. The monoisotopic (exact) mass is 235 g/mol. The zero-order valence-electron chi connectivity index (χ0n) is 10.1. The van der Waals surface area contributed by atoms with Crippen LogP contribution >= 0.6 is 0 Å². The van der Waals surface area contributed by atoms with Gasteiger partial charge >= 0.3 is 0 Å². The van der Waals surface area contributed by atoms with Crippen LogP contribution in [0.25, 0.3) is 0 Å². The Bertz CT molecular complexity index is 430. The molecular weight excluding hydrogens is 217 g/mol. The van der Waals surface area contributed by atoms with Crippen molar-refractivity contribution in [1.82, 2.24) is 0 Å². The Morgan fingerprint density at radius 3 is 2.88 bits per heavy atom. The van der Waals surface area contributed by atoms with Crippen molar-refractivity contribution in [2.45, 2.75) is 38.6 Å². The number of carbonyl (C=O) groups is 1. The van der Waals surface area contributed by atoms with Gasteiger partial charge in [-0.1, -0.05) is 6.07 Å². The topological polar surface area (TPSA) is 43.1 Å². The molecule has 1 fully saturated rings. The number of halogens is 1. The number of rotatable bonds is 3. The maximum absolute atomic E-state index is 13.1. The summed E-state index contributed by atoms with van der Waals surface area (Å²) in [5.74, 6) is 0.000778. The van der Waals surface area contributed by atoms with Gasteiger partial charge in [0, 0.05) is 18.4 Å². The standard InChI is InChI=1S/C14H18FNO/c1-9-2-4-12(15)6-11(9)8-14(17)10-3-5-13(16)7-10/h2,4,6,10,13H,3,5,7-8,16H2,1H3. The molecule has 0 aliphatic heterocycles. The van der Waals surface area contributed by atoms with E-state index >= 15 is 0 Å². The molecule has 1 aliphatic carbocycles. The number of nitrogens with two attached hydrogens (primary N) is 1. The molecule has 2 nitrogen and oxygen atoms in total. The molecule has 3 heteroatoms. The molecule has 0 aromatic heterocycles. The lowest BCUT2D eigenvalue weighted by Crippen LogP contribution is -2.19. The molecule has 2 atom stereocenters. The molecule has 2 N–H and O–H groups in total. The number of Topliss-reactive ketones (excluding diaryl/α,β-unsaturated/α-hetero) is 1. The highest BCUT2D eigenvalue weighted by Crippen LogP contribution is 2.26. The fraction of sp³-hybridized carbons (Fsp3) is 0.500. The molecule has 2 unspecified atom stereocenters. The van der Waals surface area contributed by atoms with Crippen molar-refractivity contribution >= 4 is 5.78 Å². The Morgan fingerprint density at radius 1 is 1.47 bits per heavy atom. The van der Waals surface area contributed by atoms with Gasteiger partial charge in [0.2, 0.25) is 0 Å². The first-order valence-corrected chi connectivity index (χ1v) is 6.09. The number of hydrogen-bond donors (Lipinski definition) is 1. The highest BCUT2D eigenvalue weighted by molar-refractivity contribution is 5.83. The first-order chi connectivity index (χ1) is 8.06. The van der Waals surface area contributed by atoms with Gasteiger partial charge in [-0.15, -0.1) is 0 Å². The van der Waals surface area contributed by atoms with Crippen molar-refractivity contribution in [3.63, 3.8) is 0 Å². The van der Waals surface area contributed by atoms with Crippen LogP contribution in [0.15, 0.2) is 18.2 Å². The quantitative estimate of drug-likeness (QED) is 0.874. The van der Waals surface area contributed by atoms with Gasteiger partial charge in [-0.25, -0.2) is 4.39 Å². The van der Waals surface area contributed by atoms with Crippen LogP contribution in [0.2, 0.25) is 0 Å². The maximum atomic E-state index is 13.1. The van der Waals surface area contributed by atoms with E-state index in [4.69, 9.17) is 5.73 Å². The lowest BCUT2D eigenvalue weighted by molar-refractivity contribution is -0.122. The number of carbonyl (C=O) groups excluding carboxylic acids is 1. The van der Waals surface area contributed by atoms with E-state index in [-0.39, 0.29) is 23.6 Å². The van der Waals surface area contributed by atoms with E-state index < -0.39 is 0 Å². The minimum absolute atomic E-state index is 0.0765. The molecule has 92 valence electrons. The summed E-state index contributed by atoms with van der Waals surface area (Å²) in [5, 5.41) is 0. The highest BCUT2D eigenvalue weighted by Gasteiger charge is 2.27. The molecule has 1 aliphatic rings. The molecule has 0 heterocycles. The number of aryl methyl sites for hydroxylation is 1. The largest absolute Gasteiger partial charge is 0.328 e. The minimum atomic E-state index is -0.276. The van der Waals surface area contributed by atoms with Gasteiger partial charge in [0.15, 0.2) is 0 Å². The average molecular weight is 235 g/mol. The van der Waals surface area contributed by atoms with Gasteiger partial charge in [0.05, 0.1) is 0 Å². The number of benzene rings is 1. The van der Waals surface area contributed by atoms with E-state index in [1.54, 1.807) is 6.07 Å². The van der Waals surface area contributed by atoms with Crippen LogP contribution in [-0.4, -0.2) is 11.8 Å². The van der Waals surface area contributed by atoms with Crippen molar-refractivity contribution in [2.75, 3.05) is 0 Å². The Kier molecular flexibility index (Phi) is 3.57. The molecule has 0 bridgehead atoms. The van der Waals surface area contributed by atoms with Gasteiger partial charge < -0.3 is 5.73 Å². The zero-order valence-corrected chi connectivity index (χ0v) is 10.1. The van der Waals surface area contributed by atoms with E-state index in [9.17, 15) is 9.18 Å². The van der Waals surface area contributed by atoms with Crippen molar-refractivity contribution in [3.8, 4) is 0 Å².